The van der Waals surface area contributed by atoms with Crippen LogP contribution in [0.15, 0.2) is 17.0 Å². The van der Waals surface area contributed by atoms with Gasteiger partial charge in [0, 0.05) is 6.07 Å². The highest BCUT2D eigenvalue weighted by molar-refractivity contribution is 7.85. The molecule has 1 rings (SSSR count). The van der Waals surface area contributed by atoms with Gasteiger partial charge in [-0.05, 0) is 32.4 Å². The van der Waals surface area contributed by atoms with E-state index in [4.69, 9.17) is 4.74 Å². The highest BCUT2D eigenvalue weighted by Gasteiger charge is 2.21. The summed E-state index contributed by atoms with van der Waals surface area (Å²) in [6, 6.07) is 1.91. The first-order valence-corrected chi connectivity index (χ1v) is 6.45. The molecule has 7 nitrogen and oxygen atoms in total. The lowest BCUT2D eigenvalue weighted by Gasteiger charge is -2.14. The molecule has 0 spiro atoms. The Kier molecular flexibility index (Phi) is 3.92. The molecule has 0 aromatic heterocycles. The van der Waals surface area contributed by atoms with Gasteiger partial charge in [-0.25, -0.2) is 8.42 Å². The lowest BCUT2D eigenvalue weighted by atomic mass is 10.2. The van der Waals surface area contributed by atoms with Gasteiger partial charge in [0.1, 0.15) is 10.1 Å². The van der Waals surface area contributed by atoms with Crippen molar-refractivity contribution in [2.75, 3.05) is 0 Å². The van der Waals surface area contributed by atoms with Gasteiger partial charge in [-0.2, -0.15) is 0 Å². The molecular weight excluding hydrogens is 262 g/mol. The summed E-state index contributed by atoms with van der Waals surface area (Å²) in [6.45, 7) is 4.73. The molecule has 0 aliphatic carbocycles. The highest BCUT2D eigenvalue weighted by atomic mass is 32.2. The number of rotatable bonds is 4. The van der Waals surface area contributed by atoms with Crippen LogP contribution in [0.3, 0.4) is 0 Å². The maximum atomic E-state index is 10.9. The molecule has 1 aromatic carbocycles. The zero-order chi connectivity index (χ0) is 14.1. The first-order chi connectivity index (χ1) is 8.12. The second-order valence-electron chi connectivity index (χ2n) is 3.96. The molecule has 0 saturated heterocycles. The second-order valence-corrected chi connectivity index (χ2v) is 5.31. The standard InChI is InChI=1S/C10H13NO6S/c1-6(2)17-9-4-7(3)10(18(14,15)16)5-8(9)11(12)13/h4-6H,1-3H3,(H,14,15,16)/p-1. The van der Waals surface area contributed by atoms with Crippen LogP contribution in [0.5, 0.6) is 5.75 Å². The number of aryl methyl sites for hydroxylation is 1. The van der Waals surface area contributed by atoms with E-state index in [2.05, 4.69) is 0 Å². The molecule has 0 fully saturated rings. The number of ether oxygens (including phenoxy) is 1. The maximum absolute atomic E-state index is 10.9. The lowest BCUT2D eigenvalue weighted by molar-refractivity contribution is -0.386. The maximum Gasteiger partial charge on any atom is 0.312 e. The molecule has 0 heterocycles. The van der Waals surface area contributed by atoms with Crippen molar-refractivity contribution in [1.82, 2.24) is 0 Å². The van der Waals surface area contributed by atoms with E-state index in [0.717, 1.165) is 6.07 Å². The summed E-state index contributed by atoms with van der Waals surface area (Å²) in [5.74, 6) is -0.0556. The summed E-state index contributed by atoms with van der Waals surface area (Å²) >= 11 is 0. The molecule has 0 aliphatic rings. The molecule has 8 heteroatoms. The minimum Gasteiger partial charge on any atom is -0.744 e. The zero-order valence-corrected chi connectivity index (χ0v) is 10.9. The minimum atomic E-state index is -4.74. The molecule has 0 unspecified atom stereocenters. The molecule has 0 N–H and O–H groups in total. The minimum absolute atomic E-state index is 0.0556. The molecule has 18 heavy (non-hydrogen) atoms. The van der Waals surface area contributed by atoms with Crippen molar-refractivity contribution in [2.24, 2.45) is 0 Å². The summed E-state index contributed by atoms with van der Waals surface area (Å²) in [5, 5.41) is 10.8. The number of nitrogens with zero attached hydrogens (tertiary/aromatic N) is 1. The van der Waals surface area contributed by atoms with E-state index in [9.17, 15) is 23.1 Å². The summed E-state index contributed by atoms with van der Waals surface area (Å²) < 4.78 is 38.0. The molecule has 0 bridgehead atoms. The Bertz CT molecular complexity index is 578. The van der Waals surface area contributed by atoms with E-state index < -0.39 is 25.6 Å². The Hall–Kier alpha value is -1.67. The summed E-state index contributed by atoms with van der Waals surface area (Å²) in [7, 11) is -4.74. The zero-order valence-electron chi connectivity index (χ0n) is 10.0. The van der Waals surface area contributed by atoms with E-state index in [1.165, 1.54) is 13.0 Å². The number of hydrogen-bond donors (Lipinski definition) is 0. The number of nitro benzene ring substituents is 1. The number of nitro groups is 1. The van der Waals surface area contributed by atoms with E-state index in [1.807, 2.05) is 0 Å². The lowest BCUT2D eigenvalue weighted by Crippen LogP contribution is -2.09. The van der Waals surface area contributed by atoms with Crippen LogP contribution >= 0.6 is 0 Å². The van der Waals surface area contributed by atoms with Gasteiger partial charge in [-0.1, -0.05) is 0 Å². The van der Waals surface area contributed by atoms with Crippen LogP contribution in [-0.4, -0.2) is 24.0 Å². The fourth-order valence-electron chi connectivity index (χ4n) is 1.41. The third kappa shape index (κ3) is 3.17. The van der Waals surface area contributed by atoms with Gasteiger partial charge in [0.05, 0.1) is 15.9 Å². The second kappa shape index (κ2) is 4.91. The molecule has 0 radical (unpaired) electrons. The van der Waals surface area contributed by atoms with Crippen LogP contribution in [0.2, 0.25) is 0 Å². The fourth-order valence-corrected chi connectivity index (χ4v) is 2.12. The van der Waals surface area contributed by atoms with Crippen molar-refractivity contribution in [3.8, 4) is 5.75 Å². The molecular formula is C10H12NO6S-. The third-order valence-electron chi connectivity index (χ3n) is 2.09. The normalized spacial score (nSPS) is 11.6. The van der Waals surface area contributed by atoms with Crippen molar-refractivity contribution in [2.45, 2.75) is 31.8 Å². The van der Waals surface area contributed by atoms with Gasteiger partial charge in [0.25, 0.3) is 0 Å². The van der Waals surface area contributed by atoms with Crippen molar-refractivity contribution in [1.29, 1.82) is 0 Å². The van der Waals surface area contributed by atoms with Crippen LogP contribution in [-0.2, 0) is 10.1 Å². The van der Waals surface area contributed by atoms with E-state index in [1.54, 1.807) is 13.8 Å². The quantitative estimate of drug-likeness (QED) is 0.468. The molecule has 100 valence electrons. The van der Waals surface area contributed by atoms with E-state index >= 15 is 0 Å². The molecule has 0 saturated carbocycles. The van der Waals surface area contributed by atoms with Crippen molar-refractivity contribution in [3.05, 3.63) is 27.8 Å². The average molecular weight is 274 g/mol. The smallest absolute Gasteiger partial charge is 0.312 e. The molecule has 0 amide bonds. The summed E-state index contributed by atoms with van der Waals surface area (Å²) in [5.41, 5.74) is -0.421. The van der Waals surface area contributed by atoms with Gasteiger partial charge >= 0.3 is 5.69 Å². The van der Waals surface area contributed by atoms with Gasteiger partial charge in [0.2, 0.25) is 0 Å². The predicted octanol–water partition coefficient (Wildman–Crippen LogP) is 1.59. The van der Waals surface area contributed by atoms with E-state index in [0.29, 0.717) is 0 Å². The topological polar surface area (TPSA) is 110 Å². The molecule has 1 aromatic rings. The molecule has 0 aliphatic heterocycles. The van der Waals surface area contributed by atoms with Crippen LogP contribution in [0.1, 0.15) is 19.4 Å². The predicted molar refractivity (Wildman–Crippen MR) is 61.6 cm³/mol. The van der Waals surface area contributed by atoms with E-state index in [-0.39, 0.29) is 17.4 Å². The SMILES string of the molecule is Cc1cc(OC(C)C)c([N+](=O)[O-])cc1S(=O)(=O)[O-]. The number of hydrogen-bond acceptors (Lipinski definition) is 6. The van der Waals surface area contributed by atoms with Gasteiger partial charge in [0.15, 0.2) is 5.75 Å². The Morgan fingerprint density at radius 3 is 2.28 bits per heavy atom. The van der Waals surface area contributed by atoms with Gasteiger partial charge in [-0.3, -0.25) is 10.1 Å². The first kappa shape index (κ1) is 14.4. The first-order valence-electron chi connectivity index (χ1n) is 5.04. The van der Waals surface area contributed by atoms with Crippen molar-refractivity contribution in [3.63, 3.8) is 0 Å². The summed E-state index contributed by atoms with van der Waals surface area (Å²) in [4.78, 5) is 9.43. The average Bonchev–Trinajstić information content (AvgIpc) is 2.13. The van der Waals surface area contributed by atoms with Gasteiger partial charge < -0.3 is 9.29 Å². The monoisotopic (exact) mass is 274 g/mol. The summed E-state index contributed by atoms with van der Waals surface area (Å²) in [6.07, 6.45) is -0.308. The Morgan fingerprint density at radius 2 is 1.89 bits per heavy atom. The number of benzene rings is 1. The highest BCUT2D eigenvalue weighted by Crippen LogP contribution is 2.32. The van der Waals surface area contributed by atoms with Crippen LogP contribution < -0.4 is 4.74 Å². The Balaban J connectivity index is 3.49. The largest absolute Gasteiger partial charge is 0.744 e. The van der Waals surface area contributed by atoms with Crippen molar-refractivity contribution >= 4 is 15.8 Å². The fraction of sp³-hybridized carbons (Fsp3) is 0.400. The molecule has 0 atom stereocenters. The van der Waals surface area contributed by atoms with Crippen LogP contribution in [0, 0.1) is 17.0 Å². The Morgan fingerprint density at radius 1 is 1.33 bits per heavy atom. The third-order valence-corrected chi connectivity index (χ3v) is 3.06. The van der Waals surface area contributed by atoms with Crippen LogP contribution in [0.25, 0.3) is 0 Å². The Labute approximate surface area is 104 Å². The van der Waals surface area contributed by atoms with Crippen molar-refractivity contribution < 1.29 is 22.6 Å². The van der Waals surface area contributed by atoms with Gasteiger partial charge in [-0.15, -0.1) is 0 Å². The van der Waals surface area contributed by atoms with Crippen LogP contribution in [0.4, 0.5) is 5.69 Å².